The van der Waals surface area contributed by atoms with Crippen LogP contribution in [0.15, 0.2) is 243 Å². The first kappa shape index (κ1) is 42.9. The smallest absolute Gasteiger partial charge is 0.0465 e. The highest BCUT2D eigenvalue weighted by Crippen LogP contribution is 2.53. The molecule has 10 aromatic rings. The summed E-state index contributed by atoms with van der Waals surface area (Å²) < 4.78 is 0. The Morgan fingerprint density at radius 1 is 0.257 bits per heavy atom. The lowest BCUT2D eigenvalue weighted by molar-refractivity contribution is 0.660. The molecule has 70 heavy (non-hydrogen) atoms. The van der Waals surface area contributed by atoms with E-state index in [0.717, 1.165) is 45.3 Å². The molecule has 10 aromatic carbocycles. The van der Waals surface area contributed by atoms with Crippen LogP contribution in [0.5, 0.6) is 0 Å². The largest absolute Gasteiger partial charge is 0.311 e. The molecule has 336 valence electrons. The summed E-state index contributed by atoms with van der Waals surface area (Å²) in [6, 6.07) is 88.7. The highest BCUT2D eigenvalue weighted by Gasteiger charge is 2.37. The van der Waals surface area contributed by atoms with E-state index < -0.39 is 0 Å². The van der Waals surface area contributed by atoms with Crippen molar-refractivity contribution in [2.24, 2.45) is 0 Å². The summed E-state index contributed by atoms with van der Waals surface area (Å²) in [7, 11) is 0. The lowest BCUT2D eigenvalue weighted by Crippen LogP contribution is -2.18. The van der Waals surface area contributed by atoms with E-state index in [1.165, 1.54) is 66.8 Å². The summed E-state index contributed by atoms with van der Waals surface area (Å²) in [6.07, 6.45) is 4.39. The van der Waals surface area contributed by atoms with Gasteiger partial charge in [-0.25, -0.2) is 0 Å². The quantitative estimate of drug-likeness (QED) is 0.126. The van der Waals surface area contributed by atoms with Gasteiger partial charge in [0.25, 0.3) is 0 Å². The minimum Gasteiger partial charge on any atom is -0.311 e. The van der Waals surface area contributed by atoms with Gasteiger partial charge in [-0.15, -0.1) is 0 Å². The van der Waals surface area contributed by atoms with Gasteiger partial charge < -0.3 is 9.80 Å². The third-order valence-corrected chi connectivity index (χ3v) is 14.9. The minimum absolute atomic E-state index is 0.102. The normalized spacial score (nSPS) is 13.6. The maximum absolute atomic E-state index is 2.45. The first-order valence-electron chi connectivity index (χ1n) is 24.5. The van der Waals surface area contributed by atoms with Crippen LogP contribution in [0.2, 0.25) is 0 Å². The molecule has 0 unspecified atom stereocenters. The average Bonchev–Trinajstić information content (AvgIpc) is 3.78. The van der Waals surface area contributed by atoms with E-state index in [1.54, 1.807) is 0 Å². The van der Waals surface area contributed by atoms with Crippen LogP contribution in [0.25, 0.3) is 56.7 Å². The van der Waals surface area contributed by atoms with E-state index in [0.29, 0.717) is 0 Å². The molecule has 2 nitrogen and oxygen atoms in total. The maximum Gasteiger partial charge on any atom is 0.0465 e. The van der Waals surface area contributed by atoms with Crippen LogP contribution in [-0.2, 0) is 10.8 Å². The van der Waals surface area contributed by atoms with Crippen molar-refractivity contribution in [3.63, 3.8) is 0 Å². The molecule has 0 N–H and O–H groups in total. The molecule has 0 saturated carbocycles. The zero-order valence-electron chi connectivity index (χ0n) is 40.1. The second-order valence-corrected chi connectivity index (χ2v) is 19.8. The molecular formula is C68H54N2. The van der Waals surface area contributed by atoms with Crippen molar-refractivity contribution >= 4 is 46.3 Å². The van der Waals surface area contributed by atoms with Gasteiger partial charge in [-0.1, -0.05) is 210 Å². The molecule has 12 rings (SSSR count). The lowest BCUT2D eigenvalue weighted by atomic mass is 9.82. The molecule has 0 fully saturated rings. The Bertz CT molecular complexity index is 3400. The van der Waals surface area contributed by atoms with Crippen molar-refractivity contribution in [3.8, 4) is 44.5 Å². The van der Waals surface area contributed by atoms with Crippen LogP contribution in [0, 0.1) is 0 Å². The van der Waals surface area contributed by atoms with Crippen LogP contribution in [0.3, 0.4) is 0 Å². The van der Waals surface area contributed by atoms with Crippen molar-refractivity contribution in [1.82, 2.24) is 0 Å². The Labute approximate surface area is 413 Å². The Hall–Kier alpha value is -8.46. The van der Waals surface area contributed by atoms with E-state index in [4.69, 9.17) is 0 Å². The second-order valence-electron chi connectivity index (χ2n) is 19.8. The van der Waals surface area contributed by atoms with E-state index in [1.807, 2.05) is 0 Å². The molecule has 0 heterocycles. The van der Waals surface area contributed by atoms with Gasteiger partial charge in [0.05, 0.1) is 0 Å². The number of anilines is 6. The topological polar surface area (TPSA) is 6.48 Å². The highest BCUT2D eigenvalue weighted by molar-refractivity contribution is 5.89. The molecule has 0 spiro atoms. The predicted octanol–water partition coefficient (Wildman–Crippen LogP) is 18.7. The van der Waals surface area contributed by atoms with Gasteiger partial charge in [-0.2, -0.15) is 0 Å². The fourth-order valence-corrected chi connectivity index (χ4v) is 11.1. The van der Waals surface area contributed by atoms with Gasteiger partial charge in [0.15, 0.2) is 0 Å². The average molecular weight is 899 g/mol. The van der Waals surface area contributed by atoms with Gasteiger partial charge in [0.1, 0.15) is 0 Å². The fraction of sp³-hybridized carbons (Fsp3) is 0.0882. The minimum atomic E-state index is -0.102. The zero-order valence-corrected chi connectivity index (χ0v) is 40.1. The van der Waals surface area contributed by atoms with E-state index in [9.17, 15) is 0 Å². The second kappa shape index (κ2) is 17.3. The molecule has 0 bridgehead atoms. The number of para-hydroxylation sites is 2. The first-order chi connectivity index (χ1) is 34.2. The molecule has 0 atom stereocenters. The SMILES string of the molecule is CC1(C)c2ccccc2-c2ccc(N(c3ccc(-c4ccc(/C=C/c5ccc(-c6ccc(N(c7ccccc7)c7ccccc7)cc6)cc5)cc4)cc3)c3ccc4c(c3)C(C)(C)c3ccccc3-4)cc21. The number of nitrogens with zero attached hydrogens (tertiary/aromatic N) is 2. The van der Waals surface area contributed by atoms with E-state index in [-0.39, 0.29) is 10.8 Å². The van der Waals surface area contributed by atoms with Crippen LogP contribution in [-0.4, -0.2) is 0 Å². The molecule has 2 aliphatic rings. The molecule has 0 aromatic heterocycles. The Kier molecular flexibility index (Phi) is 10.6. The van der Waals surface area contributed by atoms with E-state index in [2.05, 4.69) is 292 Å². The van der Waals surface area contributed by atoms with E-state index >= 15 is 0 Å². The molecule has 0 radical (unpaired) electrons. The highest BCUT2D eigenvalue weighted by atomic mass is 15.1. The van der Waals surface area contributed by atoms with Gasteiger partial charge in [0.2, 0.25) is 0 Å². The molecular weight excluding hydrogens is 845 g/mol. The van der Waals surface area contributed by atoms with Gasteiger partial charge in [-0.3, -0.25) is 0 Å². The third kappa shape index (κ3) is 7.54. The van der Waals surface area contributed by atoms with Crippen LogP contribution < -0.4 is 9.80 Å². The Balaban J connectivity index is 0.785. The van der Waals surface area contributed by atoms with Crippen LogP contribution >= 0.6 is 0 Å². The van der Waals surface area contributed by atoms with Crippen molar-refractivity contribution in [2.75, 3.05) is 9.80 Å². The van der Waals surface area contributed by atoms with Crippen LogP contribution in [0.4, 0.5) is 34.1 Å². The molecule has 0 saturated heterocycles. The zero-order chi connectivity index (χ0) is 47.4. The summed E-state index contributed by atoms with van der Waals surface area (Å²) in [5.74, 6) is 0. The van der Waals surface area contributed by atoms with Gasteiger partial charge >= 0.3 is 0 Å². The number of fused-ring (bicyclic) bond motifs is 6. The van der Waals surface area contributed by atoms with Crippen molar-refractivity contribution < 1.29 is 0 Å². The van der Waals surface area contributed by atoms with Gasteiger partial charge in [-0.05, 0) is 151 Å². The summed E-state index contributed by atoms with van der Waals surface area (Å²) in [4.78, 5) is 4.74. The van der Waals surface area contributed by atoms with Crippen molar-refractivity contribution in [1.29, 1.82) is 0 Å². The lowest BCUT2D eigenvalue weighted by Gasteiger charge is -2.30. The Morgan fingerprint density at radius 3 is 0.929 bits per heavy atom. The molecule has 0 amide bonds. The third-order valence-electron chi connectivity index (χ3n) is 14.9. The number of rotatable bonds is 10. The summed E-state index contributed by atoms with van der Waals surface area (Å²) >= 11 is 0. The molecule has 0 aliphatic heterocycles. The van der Waals surface area contributed by atoms with Crippen molar-refractivity contribution in [3.05, 3.63) is 276 Å². The first-order valence-corrected chi connectivity index (χ1v) is 24.5. The number of benzene rings is 10. The fourth-order valence-electron chi connectivity index (χ4n) is 11.1. The Morgan fingerprint density at radius 2 is 0.543 bits per heavy atom. The standard InChI is InChI=1S/C68H54N2/c1-67(2)63-21-13-11-19-59(63)61-43-41-57(45-65(61)67)70(58-42-44-62-60-20-12-14-22-64(60)68(3,4)66(62)46-58)56-39-35-52(36-40-56)50-31-27-48(28-32-50)24-23-47-25-29-49(30-26-47)51-33-37-55(38-34-51)69(53-15-7-5-8-16-53)54-17-9-6-10-18-54/h5-46H,1-4H3/b24-23+. The van der Waals surface area contributed by atoms with Crippen molar-refractivity contribution in [2.45, 2.75) is 38.5 Å². The summed E-state index contributed by atoms with van der Waals surface area (Å²) in [6.45, 7) is 9.45. The number of hydrogen-bond acceptors (Lipinski definition) is 2. The molecule has 2 aliphatic carbocycles. The summed E-state index contributed by atoms with van der Waals surface area (Å²) in [5, 5.41) is 0. The summed E-state index contributed by atoms with van der Waals surface area (Å²) in [5.41, 5.74) is 24.6. The maximum atomic E-state index is 2.45. The van der Waals surface area contributed by atoms with Gasteiger partial charge in [0, 0.05) is 45.0 Å². The molecule has 2 heteroatoms. The predicted molar refractivity (Wildman–Crippen MR) is 297 cm³/mol. The van der Waals surface area contributed by atoms with Crippen LogP contribution in [0.1, 0.15) is 61.1 Å². The monoisotopic (exact) mass is 898 g/mol. The number of hydrogen-bond donors (Lipinski definition) is 0.